The number of rotatable bonds is 3. The Hall–Kier alpha value is -2.48. The van der Waals surface area contributed by atoms with E-state index in [0.717, 1.165) is 19.5 Å². The Labute approximate surface area is 124 Å². The molecule has 1 aliphatic heterocycles. The molecule has 2 heteroatoms. The van der Waals surface area contributed by atoms with Crippen molar-refractivity contribution in [2.45, 2.75) is 13.0 Å². The van der Waals surface area contributed by atoms with Crippen LogP contribution in [0.15, 0.2) is 60.7 Å². The largest absolute Gasteiger partial charge is 0.384 e. The van der Waals surface area contributed by atoms with E-state index in [-0.39, 0.29) is 0 Å². The monoisotopic (exact) mass is 274 g/mol. The highest BCUT2D eigenvalue weighted by Gasteiger charge is 2.13. The van der Waals surface area contributed by atoms with Gasteiger partial charge in [-0.3, -0.25) is 0 Å². The van der Waals surface area contributed by atoms with Gasteiger partial charge in [0.25, 0.3) is 0 Å². The smallest absolute Gasteiger partial charge is 0.0424 e. The Kier molecular flexibility index (Phi) is 3.00. The molecule has 0 aromatic heterocycles. The maximum absolute atomic E-state index is 3.59. The van der Waals surface area contributed by atoms with Crippen LogP contribution in [0.2, 0.25) is 0 Å². The fourth-order valence-corrected chi connectivity index (χ4v) is 3.13. The first-order chi connectivity index (χ1) is 10.4. The summed E-state index contributed by atoms with van der Waals surface area (Å²) in [4.78, 5) is 0. The van der Waals surface area contributed by atoms with Crippen LogP contribution in [0.5, 0.6) is 0 Å². The van der Waals surface area contributed by atoms with Crippen LogP contribution in [0.25, 0.3) is 10.8 Å². The third kappa shape index (κ3) is 2.23. The molecule has 0 bridgehead atoms. The Morgan fingerprint density at radius 2 is 1.76 bits per heavy atom. The SMILES string of the molecule is c1cc2c(c(CNc3cccc4ccccc34)c1)NCC2. The topological polar surface area (TPSA) is 24.1 Å². The van der Waals surface area contributed by atoms with Crippen LogP contribution in [-0.4, -0.2) is 6.54 Å². The third-order valence-corrected chi connectivity index (χ3v) is 4.19. The molecule has 2 N–H and O–H groups in total. The lowest BCUT2D eigenvalue weighted by Gasteiger charge is -2.13. The van der Waals surface area contributed by atoms with Crippen molar-refractivity contribution >= 4 is 22.1 Å². The molecular weight excluding hydrogens is 256 g/mol. The molecule has 0 fully saturated rings. The van der Waals surface area contributed by atoms with Gasteiger partial charge in [0.1, 0.15) is 0 Å². The first-order valence-corrected chi connectivity index (χ1v) is 7.48. The maximum atomic E-state index is 3.59. The second-order valence-electron chi connectivity index (χ2n) is 5.51. The molecule has 1 aliphatic rings. The van der Waals surface area contributed by atoms with Crippen molar-refractivity contribution in [3.05, 3.63) is 71.8 Å². The molecule has 0 atom stereocenters. The molecule has 0 spiro atoms. The fourth-order valence-electron chi connectivity index (χ4n) is 3.13. The molecule has 1 heterocycles. The maximum Gasteiger partial charge on any atom is 0.0424 e. The fraction of sp³-hybridized carbons (Fsp3) is 0.158. The van der Waals surface area contributed by atoms with Crippen LogP contribution in [0.1, 0.15) is 11.1 Å². The molecule has 4 rings (SSSR count). The highest BCUT2D eigenvalue weighted by molar-refractivity contribution is 5.93. The predicted molar refractivity (Wildman–Crippen MR) is 89.9 cm³/mol. The molecule has 104 valence electrons. The molecule has 2 nitrogen and oxygen atoms in total. The van der Waals surface area contributed by atoms with Gasteiger partial charge in [0.15, 0.2) is 0 Å². The molecule has 0 saturated carbocycles. The molecule has 3 aromatic carbocycles. The minimum Gasteiger partial charge on any atom is -0.384 e. The zero-order chi connectivity index (χ0) is 14.1. The number of nitrogens with one attached hydrogen (secondary N) is 2. The van der Waals surface area contributed by atoms with E-state index in [1.54, 1.807) is 0 Å². The van der Waals surface area contributed by atoms with E-state index >= 15 is 0 Å². The minimum absolute atomic E-state index is 0.851. The van der Waals surface area contributed by atoms with Gasteiger partial charge in [-0.2, -0.15) is 0 Å². The molecule has 0 radical (unpaired) electrons. The standard InChI is InChI=1S/C19H18N2/c1-2-9-17-14(5-1)6-4-10-18(17)21-13-16-8-3-7-15-11-12-20-19(15)16/h1-10,20-21H,11-13H2. The highest BCUT2D eigenvalue weighted by Crippen LogP contribution is 2.28. The van der Waals surface area contributed by atoms with Gasteiger partial charge in [0.05, 0.1) is 0 Å². The van der Waals surface area contributed by atoms with Crippen molar-refractivity contribution < 1.29 is 0 Å². The van der Waals surface area contributed by atoms with Crippen molar-refractivity contribution in [1.29, 1.82) is 0 Å². The first kappa shape index (κ1) is 12.3. The molecular formula is C19H18N2. The Morgan fingerprint density at radius 1 is 0.905 bits per heavy atom. The Morgan fingerprint density at radius 3 is 2.76 bits per heavy atom. The minimum atomic E-state index is 0.851. The van der Waals surface area contributed by atoms with Crippen LogP contribution < -0.4 is 10.6 Å². The van der Waals surface area contributed by atoms with Crippen LogP contribution in [0, 0.1) is 0 Å². The van der Waals surface area contributed by atoms with Gasteiger partial charge >= 0.3 is 0 Å². The summed E-state index contributed by atoms with van der Waals surface area (Å²) < 4.78 is 0. The number of benzene rings is 3. The van der Waals surface area contributed by atoms with Gasteiger partial charge < -0.3 is 10.6 Å². The molecule has 3 aromatic rings. The molecule has 0 saturated heterocycles. The average molecular weight is 274 g/mol. The summed E-state index contributed by atoms with van der Waals surface area (Å²) in [6, 6.07) is 21.5. The number of fused-ring (bicyclic) bond motifs is 2. The van der Waals surface area contributed by atoms with E-state index in [4.69, 9.17) is 0 Å². The lowest BCUT2D eigenvalue weighted by molar-refractivity contribution is 1.11. The zero-order valence-corrected chi connectivity index (χ0v) is 11.9. The van der Waals surface area contributed by atoms with Crippen molar-refractivity contribution in [1.82, 2.24) is 0 Å². The normalized spacial score (nSPS) is 13.0. The summed E-state index contributed by atoms with van der Waals surface area (Å²) in [7, 11) is 0. The van der Waals surface area contributed by atoms with Crippen molar-refractivity contribution in [2.24, 2.45) is 0 Å². The van der Waals surface area contributed by atoms with E-state index in [0.29, 0.717) is 0 Å². The van der Waals surface area contributed by atoms with Gasteiger partial charge in [0.2, 0.25) is 0 Å². The van der Waals surface area contributed by atoms with Crippen LogP contribution in [0.3, 0.4) is 0 Å². The molecule has 0 amide bonds. The van der Waals surface area contributed by atoms with E-state index in [9.17, 15) is 0 Å². The van der Waals surface area contributed by atoms with E-state index in [2.05, 4.69) is 71.3 Å². The average Bonchev–Trinajstić information content (AvgIpc) is 3.02. The number of para-hydroxylation sites is 1. The number of anilines is 2. The first-order valence-electron chi connectivity index (χ1n) is 7.48. The van der Waals surface area contributed by atoms with Gasteiger partial charge in [0, 0.05) is 29.9 Å². The van der Waals surface area contributed by atoms with Gasteiger partial charge in [-0.1, -0.05) is 54.6 Å². The number of hydrogen-bond acceptors (Lipinski definition) is 2. The molecule has 0 unspecified atom stereocenters. The summed E-state index contributed by atoms with van der Waals surface area (Å²) in [5.41, 5.74) is 5.30. The van der Waals surface area contributed by atoms with Crippen molar-refractivity contribution in [2.75, 3.05) is 17.2 Å². The predicted octanol–water partition coefficient (Wildman–Crippen LogP) is 4.42. The highest BCUT2D eigenvalue weighted by atomic mass is 14.9. The quantitative estimate of drug-likeness (QED) is 0.738. The summed E-state index contributed by atoms with van der Waals surface area (Å²) in [6.07, 6.45) is 1.14. The summed E-state index contributed by atoms with van der Waals surface area (Å²) in [5.74, 6) is 0. The molecule has 21 heavy (non-hydrogen) atoms. The second-order valence-corrected chi connectivity index (χ2v) is 5.51. The Balaban J connectivity index is 1.63. The van der Waals surface area contributed by atoms with Crippen molar-refractivity contribution in [3.63, 3.8) is 0 Å². The van der Waals surface area contributed by atoms with Gasteiger partial charge in [-0.15, -0.1) is 0 Å². The van der Waals surface area contributed by atoms with Gasteiger partial charge in [-0.25, -0.2) is 0 Å². The summed E-state index contributed by atoms with van der Waals surface area (Å²) >= 11 is 0. The lowest BCUT2D eigenvalue weighted by Crippen LogP contribution is -2.03. The van der Waals surface area contributed by atoms with E-state index < -0.39 is 0 Å². The van der Waals surface area contributed by atoms with E-state index in [1.165, 1.54) is 33.3 Å². The molecule has 0 aliphatic carbocycles. The Bertz CT molecular complexity index is 787. The summed E-state index contributed by atoms with van der Waals surface area (Å²) in [6.45, 7) is 1.91. The summed E-state index contributed by atoms with van der Waals surface area (Å²) in [5, 5.41) is 9.65. The van der Waals surface area contributed by atoms with E-state index in [1.807, 2.05) is 0 Å². The zero-order valence-electron chi connectivity index (χ0n) is 11.9. The lowest BCUT2D eigenvalue weighted by atomic mass is 10.1. The van der Waals surface area contributed by atoms with Crippen LogP contribution in [0.4, 0.5) is 11.4 Å². The van der Waals surface area contributed by atoms with Crippen LogP contribution >= 0.6 is 0 Å². The third-order valence-electron chi connectivity index (χ3n) is 4.19. The van der Waals surface area contributed by atoms with Crippen LogP contribution in [-0.2, 0) is 13.0 Å². The number of hydrogen-bond donors (Lipinski definition) is 2. The van der Waals surface area contributed by atoms with Gasteiger partial charge in [-0.05, 0) is 29.0 Å². The van der Waals surface area contributed by atoms with Crippen molar-refractivity contribution in [3.8, 4) is 0 Å². The second kappa shape index (κ2) is 5.13.